The van der Waals surface area contributed by atoms with Crippen LogP contribution in [0.15, 0.2) is 24.4 Å². The van der Waals surface area contributed by atoms with Crippen LogP contribution in [0.4, 0.5) is 5.82 Å². The molecule has 5 nitrogen and oxygen atoms in total. The zero-order valence-electron chi connectivity index (χ0n) is 11.2. The predicted molar refractivity (Wildman–Crippen MR) is 80.7 cm³/mol. The molecule has 0 saturated heterocycles. The first-order valence-corrected chi connectivity index (χ1v) is 7.99. The molecule has 2 aromatic heterocycles. The summed E-state index contributed by atoms with van der Waals surface area (Å²) in [6.07, 6.45) is 7.26. The minimum atomic E-state index is -0.954. The van der Waals surface area contributed by atoms with Crippen molar-refractivity contribution in [1.29, 1.82) is 0 Å². The van der Waals surface area contributed by atoms with E-state index in [9.17, 15) is 9.90 Å². The average Bonchev–Trinajstić information content (AvgIpc) is 3.02. The number of nitrogens with one attached hydrogen (secondary N) is 1. The molecule has 0 bridgehead atoms. The highest BCUT2D eigenvalue weighted by atomic mass is 32.2. The summed E-state index contributed by atoms with van der Waals surface area (Å²) >= 11 is 1.84. The normalized spacial score (nSPS) is 22.2. The van der Waals surface area contributed by atoms with Gasteiger partial charge in [-0.1, -0.05) is 12.5 Å². The Morgan fingerprint density at radius 3 is 3.10 bits per heavy atom. The van der Waals surface area contributed by atoms with Crippen LogP contribution in [-0.4, -0.2) is 38.0 Å². The third-order valence-electron chi connectivity index (χ3n) is 3.81. The number of hydrogen-bond acceptors (Lipinski definition) is 4. The van der Waals surface area contributed by atoms with Crippen molar-refractivity contribution >= 4 is 29.2 Å². The second-order valence-corrected chi connectivity index (χ2v) is 6.08. The zero-order chi connectivity index (χ0) is 14.1. The molecule has 1 saturated carbocycles. The third kappa shape index (κ3) is 2.24. The van der Waals surface area contributed by atoms with E-state index >= 15 is 0 Å². The van der Waals surface area contributed by atoms with Gasteiger partial charge in [0.05, 0.1) is 0 Å². The molecule has 0 radical (unpaired) electrons. The van der Waals surface area contributed by atoms with Crippen molar-refractivity contribution in [2.24, 2.45) is 0 Å². The van der Waals surface area contributed by atoms with E-state index in [4.69, 9.17) is 0 Å². The number of aromatic carboxylic acids is 1. The summed E-state index contributed by atoms with van der Waals surface area (Å²) in [5.41, 5.74) is 0.874. The summed E-state index contributed by atoms with van der Waals surface area (Å²) in [6.45, 7) is 0. The number of carboxylic acids is 1. The van der Waals surface area contributed by atoms with E-state index in [0.29, 0.717) is 22.8 Å². The maximum absolute atomic E-state index is 11.5. The fourth-order valence-electron chi connectivity index (χ4n) is 2.85. The maximum atomic E-state index is 11.5. The lowest BCUT2D eigenvalue weighted by Crippen LogP contribution is -2.27. The van der Waals surface area contributed by atoms with E-state index in [1.165, 1.54) is 12.8 Å². The second kappa shape index (κ2) is 5.36. The van der Waals surface area contributed by atoms with Gasteiger partial charge in [0.1, 0.15) is 5.65 Å². The van der Waals surface area contributed by atoms with Crippen LogP contribution in [0.5, 0.6) is 0 Å². The molecule has 2 N–H and O–H groups in total. The molecule has 1 aliphatic carbocycles. The standard InChI is InChI=1S/C14H17N3O2S/c1-20-10-6-4-5-9(10)15-13-12(14(18)19)17-8-3-2-7-11(17)16-13/h2-3,7-10,15H,4-6H2,1H3,(H,18,19). The van der Waals surface area contributed by atoms with E-state index in [1.807, 2.05) is 30.0 Å². The molecular weight excluding hydrogens is 274 g/mol. The lowest BCUT2D eigenvalue weighted by Gasteiger charge is -2.19. The number of nitrogens with zero attached hydrogens (tertiary/aromatic N) is 2. The number of hydrogen-bond donors (Lipinski definition) is 2. The van der Waals surface area contributed by atoms with Gasteiger partial charge in [0, 0.05) is 17.5 Å². The maximum Gasteiger partial charge on any atom is 0.356 e. The van der Waals surface area contributed by atoms with Crippen molar-refractivity contribution in [3.8, 4) is 0 Å². The summed E-state index contributed by atoms with van der Waals surface area (Å²) in [5, 5.41) is 13.3. The van der Waals surface area contributed by atoms with E-state index < -0.39 is 5.97 Å². The first kappa shape index (κ1) is 13.3. The van der Waals surface area contributed by atoms with Gasteiger partial charge >= 0.3 is 5.97 Å². The van der Waals surface area contributed by atoms with Gasteiger partial charge in [0.25, 0.3) is 0 Å². The van der Waals surface area contributed by atoms with E-state index in [-0.39, 0.29) is 5.69 Å². The van der Waals surface area contributed by atoms with Crippen LogP contribution in [0, 0.1) is 0 Å². The number of pyridine rings is 1. The molecule has 0 spiro atoms. The Bertz CT molecular complexity index is 640. The lowest BCUT2D eigenvalue weighted by molar-refractivity contribution is 0.0690. The molecule has 106 valence electrons. The summed E-state index contributed by atoms with van der Waals surface area (Å²) in [5.74, 6) is -0.473. The Morgan fingerprint density at radius 2 is 2.35 bits per heavy atom. The topological polar surface area (TPSA) is 66.6 Å². The molecule has 6 heteroatoms. The Labute approximate surface area is 121 Å². The quantitative estimate of drug-likeness (QED) is 0.906. The van der Waals surface area contributed by atoms with Crippen molar-refractivity contribution in [2.75, 3.05) is 11.6 Å². The van der Waals surface area contributed by atoms with E-state index in [2.05, 4.69) is 16.6 Å². The number of anilines is 1. The van der Waals surface area contributed by atoms with Gasteiger partial charge in [-0.25, -0.2) is 9.78 Å². The summed E-state index contributed by atoms with van der Waals surface area (Å²) in [4.78, 5) is 15.9. The molecule has 20 heavy (non-hydrogen) atoms. The molecule has 0 aromatic carbocycles. The number of carbonyl (C=O) groups is 1. The van der Waals surface area contributed by atoms with Crippen molar-refractivity contribution in [1.82, 2.24) is 9.38 Å². The summed E-state index contributed by atoms with van der Waals surface area (Å²) < 4.78 is 1.62. The second-order valence-electron chi connectivity index (χ2n) is 5.00. The van der Waals surface area contributed by atoms with Gasteiger partial charge in [-0.2, -0.15) is 11.8 Å². The van der Waals surface area contributed by atoms with Crippen molar-refractivity contribution < 1.29 is 9.90 Å². The fraction of sp³-hybridized carbons (Fsp3) is 0.429. The monoisotopic (exact) mass is 291 g/mol. The number of aromatic nitrogens is 2. The minimum Gasteiger partial charge on any atom is -0.476 e. The number of carboxylic acid groups (broad SMARTS) is 1. The van der Waals surface area contributed by atoms with Crippen molar-refractivity contribution in [3.63, 3.8) is 0 Å². The van der Waals surface area contributed by atoms with Gasteiger partial charge in [0.2, 0.25) is 0 Å². The van der Waals surface area contributed by atoms with Crippen molar-refractivity contribution in [2.45, 2.75) is 30.6 Å². The number of fused-ring (bicyclic) bond motifs is 1. The molecular formula is C14H17N3O2S. The average molecular weight is 291 g/mol. The van der Waals surface area contributed by atoms with Crippen LogP contribution in [0.2, 0.25) is 0 Å². The van der Waals surface area contributed by atoms with E-state index in [0.717, 1.165) is 6.42 Å². The lowest BCUT2D eigenvalue weighted by atomic mass is 10.2. The third-order valence-corrected chi connectivity index (χ3v) is 4.98. The van der Waals surface area contributed by atoms with Gasteiger partial charge in [-0.05, 0) is 31.2 Å². The Kier molecular flexibility index (Phi) is 3.56. The van der Waals surface area contributed by atoms with Crippen LogP contribution >= 0.6 is 11.8 Å². The number of thioether (sulfide) groups is 1. The van der Waals surface area contributed by atoms with Crippen LogP contribution in [0.1, 0.15) is 29.8 Å². The van der Waals surface area contributed by atoms with Crippen LogP contribution in [0.25, 0.3) is 5.65 Å². The van der Waals surface area contributed by atoms with Crippen LogP contribution < -0.4 is 5.32 Å². The van der Waals surface area contributed by atoms with Gasteiger partial charge in [0.15, 0.2) is 11.5 Å². The summed E-state index contributed by atoms with van der Waals surface area (Å²) in [6, 6.07) is 5.79. The fourth-order valence-corrected chi connectivity index (χ4v) is 3.78. The van der Waals surface area contributed by atoms with Crippen LogP contribution in [0.3, 0.4) is 0 Å². The van der Waals surface area contributed by atoms with Crippen molar-refractivity contribution in [3.05, 3.63) is 30.1 Å². The molecule has 0 amide bonds. The minimum absolute atomic E-state index is 0.215. The number of imidazole rings is 1. The number of rotatable bonds is 4. The SMILES string of the molecule is CSC1CCCC1Nc1nc2ccccn2c1C(=O)O. The Balaban J connectivity index is 1.98. The smallest absolute Gasteiger partial charge is 0.356 e. The highest BCUT2D eigenvalue weighted by molar-refractivity contribution is 7.99. The summed E-state index contributed by atoms with van der Waals surface area (Å²) in [7, 11) is 0. The highest BCUT2D eigenvalue weighted by Crippen LogP contribution is 2.31. The van der Waals surface area contributed by atoms with Gasteiger partial charge in [-0.15, -0.1) is 0 Å². The molecule has 0 aliphatic heterocycles. The predicted octanol–water partition coefficient (Wildman–Crippen LogP) is 2.73. The zero-order valence-corrected chi connectivity index (χ0v) is 12.1. The first-order valence-electron chi connectivity index (χ1n) is 6.70. The molecule has 3 rings (SSSR count). The van der Waals surface area contributed by atoms with Crippen LogP contribution in [-0.2, 0) is 0 Å². The molecule has 2 unspecified atom stereocenters. The van der Waals surface area contributed by atoms with Gasteiger partial charge < -0.3 is 10.4 Å². The largest absolute Gasteiger partial charge is 0.476 e. The Morgan fingerprint density at radius 1 is 1.50 bits per heavy atom. The first-order chi connectivity index (χ1) is 9.70. The van der Waals surface area contributed by atoms with E-state index in [1.54, 1.807) is 10.6 Å². The highest BCUT2D eigenvalue weighted by Gasteiger charge is 2.29. The molecule has 2 atom stereocenters. The molecule has 2 heterocycles. The van der Waals surface area contributed by atoms with Gasteiger partial charge in [-0.3, -0.25) is 4.40 Å². The molecule has 1 fully saturated rings. The molecule has 2 aromatic rings. The Hall–Kier alpha value is -1.69. The molecule has 1 aliphatic rings.